The van der Waals surface area contributed by atoms with Gasteiger partial charge in [-0.1, -0.05) is 74.3 Å². The number of hydrogen-bond acceptors (Lipinski definition) is 0. The molecule has 0 aliphatic heterocycles. The Bertz CT molecular complexity index is 806. The van der Waals surface area contributed by atoms with Gasteiger partial charge in [-0.3, -0.25) is 0 Å². The van der Waals surface area contributed by atoms with E-state index in [0.29, 0.717) is 0 Å². The second-order valence-corrected chi connectivity index (χ2v) is 7.20. The van der Waals surface area contributed by atoms with Gasteiger partial charge in [-0.15, -0.1) is 11.6 Å². The summed E-state index contributed by atoms with van der Waals surface area (Å²) in [6.07, 6.45) is 0. The van der Waals surface area contributed by atoms with Gasteiger partial charge in [0.2, 0.25) is 0 Å². The highest BCUT2D eigenvalue weighted by Gasteiger charge is 2.17. The average molecular weight is 425 g/mol. The largest absolute Gasteiger partial charge is 0.113 e. The molecule has 0 saturated carbocycles. The molecule has 106 valence electrons. The average Bonchev–Trinajstić information content (AvgIpc) is 2.49. The van der Waals surface area contributed by atoms with Crippen LogP contribution in [0.1, 0.15) is 22.1 Å². The van der Waals surface area contributed by atoms with Crippen molar-refractivity contribution in [3.8, 4) is 0 Å². The van der Waals surface area contributed by atoms with Crippen molar-refractivity contribution in [2.75, 3.05) is 0 Å². The molecule has 0 aliphatic carbocycles. The highest BCUT2D eigenvalue weighted by atomic mass is 79.9. The van der Waals surface area contributed by atoms with Gasteiger partial charge >= 0.3 is 0 Å². The van der Waals surface area contributed by atoms with E-state index in [-0.39, 0.29) is 5.38 Å². The third kappa shape index (κ3) is 2.90. The van der Waals surface area contributed by atoms with Crippen LogP contribution in [0, 0.1) is 6.92 Å². The van der Waals surface area contributed by atoms with Crippen LogP contribution in [0.5, 0.6) is 0 Å². The molecule has 1 atom stereocenters. The first-order valence-corrected chi connectivity index (χ1v) is 8.67. The third-order valence-electron chi connectivity index (χ3n) is 3.65. The predicted octanol–water partition coefficient (Wildman–Crippen LogP) is 7.00. The summed E-state index contributed by atoms with van der Waals surface area (Å²) in [5, 5.41) is 2.22. The number of benzene rings is 3. The molecular formula is C18H13Br2Cl. The number of alkyl halides is 1. The molecule has 3 rings (SSSR count). The van der Waals surface area contributed by atoms with E-state index < -0.39 is 0 Å². The monoisotopic (exact) mass is 422 g/mol. The molecule has 1 unspecified atom stereocenters. The summed E-state index contributed by atoms with van der Waals surface area (Å²) in [6, 6.07) is 18.8. The second-order valence-electron chi connectivity index (χ2n) is 5.05. The van der Waals surface area contributed by atoms with Gasteiger partial charge in [0.25, 0.3) is 0 Å². The Balaban J connectivity index is 2.17. The number of aryl methyl sites for hydroxylation is 1. The summed E-state index contributed by atoms with van der Waals surface area (Å²) in [5.74, 6) is 0. The van der Waals surface area contributed by atoms with Crippen LogP contribution in [0.15, 0.2) is 63.5 Å². The third-order valence-corrected chi connectivity index (χ3v) is 5.66. The summed E-state index contributed by atoms with van der Waals surface area (Å²) in [4.78, 5) is 0. The normalized spacial score (nSPS) is 12.6. The molecule has 0 bridgehead atoms. The molecule has 0 heterocycles. The second kappa shape index (κ2) is 6.12. The fraction of sp³-hybridized carbons (Fsp3) is 0.111. The van der Waals surface area contributed by atoms with Gasteiger partial charge in [0.1, 0.15) is 0 Å². The first kappa shape index (κ1) is 15.1. The van der Waals surface area contributed by atoms with Crippen molar-refractivity contribution in [2.45, 2.75) is 12.3 Å². The lowest BCUT2D eigenvalue weighted by atomic mass is 9.97. The van der Waals surface area contributed by atoms with Crippen molar-refractivity contribution >= 4 is 54.2 Å². The lowest BCUT2D eigenvalue weighted by Crippen LogP contribution is -1.97. The Kier molecular flexibility index (Phi) is 4.39. The Hall–Kier alpha value is -0.830. The van der Waals surface area contributed by atoms with Gasteiger partial charge in [-0.2, -0.15) is 0 Å². The lowest BCUT2D eigenvalue weighted by Gasteiger charge is -2.16. The molecule has 3 aromatic rings. The maximum atomic E-state index is 6.79. The van der Waals surface area contributed by atoms with Crippen LogP contribution >= 0.6 is 43.5 Å². The van der Waals surface area contributed by atoms with E-state index in [9.17, 15) is 0 Å². The van der Waals surface area contributed by atoms with Crippen LogP contribution in [0.3, 0.4) is 0 Å². The lowest BCUT2D eigenvalue weighted by molar-refractivity contribution is 1.13. The minimum absolute atomic E-state index is 0.192. The molecule has 0 fully saturated rings. The maximum Gasteiger partial charge on any atom is 0.0852 e. The summed E-state index contributed by atoms with van der Waals surface area (Å²) in [6.45, 7) is 2.07. The fourth-order valence-electron chi connectivity index (χ4n) is 2.49. The minimum atomic E-state index is -0.192. The number of halogens is 3. The number of fused-ring (bicyclic) bond motifs is 1. The van der Waals surface area contributed by atoms with Crippen LogP contribution in [0.2, 0.25) is 0 Å². The van der Waals surface area contributed by atoms with Crippen molar-refractivity contribution in [1.82, 2.24) is 0 Å². The van der Waals surface area contributed by atoms with Crippen LogP contribution in [0.25, 0.3) is 10.8 Å². The number of rotatable bonds is 2. The van der Waals surface area contributed by atoms with Gasteiger partial charge < -0.3 is 0 Å². The quantitative estimate of drug-likeness (QED) is 0.389. The maximum absolute atomic E-state index is 6.79. The van der Waals surface area contributed by atoms with Gasteiger partial charge in [-0.05, 0) is 46.5 Å². The van der Waals surface area contributed by atoms with Gasteiger partial charge in [0, 0.05) is 8.95 Å². The Morgan fingerprint density at radius 2 is 1.57 bits per heavy atom. The predicted molar refractivity (Wildman–Crippen MR) is 98.2 cm³/mol. The van der Waals surface area contributed by atoms with Crippen molar-refractivity contribution in [3.63, 3.8) is 0 Å². The number of hydrogen-bond donors (Lipinski definition) is 0. The van der Waals surface area contributed by atoms with E-state index >= 15 is 0 Å². The van der Waals surface area contributed by atoms with Crippen molar-refractivity contribution in [2.24, 2.45) is 0 Å². The Labute approximate surface area is 146 Å². The van der Waals surface area contributed by atoms with E-state index in [1.165, 1.54) is 16.3 Å². The van der Waals surface area contributed by atoms with Crippen LogP contribution in [-0.2, 0) is 0 Å². The van der Waals surface area contributed by atoms with Crippen LogP contribution < -0.4 is 0 Å². The molecule has 3 heteroatoms. The SMILES string of the molecule is Cc1cc(Br)c(C(Cl)c2cccc3ccccc23)cc1Br. The molecule has 0 aromatic heterocycles. The Morgan fingerprint density at radius 3 is 2.38 bits per heavy atom. The summed E-state index contributed by atoms with van der Waals surface area (Å²) >= 11 is 14.0. The zero-order chi connectivity index (χ0) is 15.0. The van der Waals surface area contributed by atoms with Crippen LogP contribution in [0.4, 0.5) is 0 Å². The molecule has 0 nitrogen and oxygen atoms in total. The zero-order valence-corrected chi connectivity index (χ0v) is 15.3. The fourth-order valence-corrected chi connectivity index (χ4v) is 4.05. The molecule has 0 spiro atoms. The molecule has 0 amide bonds. The molecule has 0 aliphatic rings. The highest BCUT2D eigenvalue weighted by molar-refractivity contribution is 9.11. The summed E-state index contributed by atoms with van der Waals surface area (Å²) in [7, 11) is 0. The van der Waals surface area contributed by atoms with E-state index in [1.54, 1.807) is 0 Å². The van der Waals surface area contributed by atoms with Crippen molar-refractivity contribution in [1.29, 1.82) is 0 Å². The van der Waals surface area contributed by atoms with E-state index in [1.807, 2.05) is 6.07 Å². The van der Waals surface area contributed by atoms with E-state index in [4.69, 9.17) is 11.6 Å². The van der Waals surface area contributed by atoms with Gasteiger partial charge in [0.15, 0.2) is 0 Å². The van der Waals surface area contributed by atoms with Crippen LogP contribution in [-0.4, -0.2) is 0 Å². The molecule has 3 aromatic carbocycles. The van der Waals surface area contributed by atoms with Gasteiger partial charge in [0.05, 0.1) is 5.38 Å². The molecular weight excluding hydrogens is 411 g/mol. The smallest absolute Gasteiger partial charge is 0.0852 e. The molecule has 0 saturated heterocycles. The van der Waals surface area contributed by atoms with Crippen molar-refractivity contribution in [3.05, 3.63) is 80.2 Å². The minimum Gasteiger partial charge on any atom is -0.113 e. The first-order valence-electron chi connectivity index (χ1n) is 6.65. The molecule has 0 N–H and O–H groups in total. The zero-order valence-electron chi connectivity index (χ0n) is 11.4. The molecule has 21 heavy (non-hydrogen) atoms. The van der Waals surface area contributed by atoms with Gasteiger partial charge in [-0.25, -0.2) is 0 Å². The Morgan fingerprint density at radius 1 is 0.857 bits per heavy atom. The topological polar surface area (TPSA) is 0 Å². The first-order chi connectivity index (χ1) is 10.1. The van der Waals surface area contributed by atoms with Crippen molar-refractivity contribution < 1.29 is 0 Å². The summed E-state index contributed by atoms with van der Waals surface area (Å²) in [5.41, 5.74) is 3.39. The highest BCUT2D eigenvalue weighted by Crippen LogP contribution is 2.39. The van der Waals surface area contributed by atoms with E-state index in [2.05, 4.69) is 87.3 Å². The summed E-state index contributed by atoms with van der Waals surface area (Å²) < 4.78 is 2.11. The standard InChI is InChI=1S/C18H13Br2Cl/c1-11-9-17(20)15(10-16(11)19)18(21)14-8-4-6-12-5-2-3-7-13(12)14/h2-10,18H,1H3. The molecule has 0 radical (unpaired) electrons. The van der Waals surface area contributed by atoms with E-state index in [0.717, 1.165) is 20.1 Å².